The highest BCUT2D eigenvalue weighted by atomic mass is 16.4. The molecule has 0 aromatic heterocycles. The summed E-state index contributed by atoms with van der Waals surface area (Å²) in [6.45, 7) is 7.48. The number of hydrogen-bond acceptors (Lipinski definition) is 3. The van der Waals surface area contributed by atoms with Crippen LogP contribution in [0.4, 0.5) is 5.69 Å². The van der Waals surface area contributed by atoms with Crippen LogP contribution in [0.5, 0.6) is 0 Å². The Hall–Kier alpha value is -3.93. The van der Waals surface area contributed by atoms with Gasteiger partial charge in [-0.1, -0.05) is 44.2 Å². The van der Waals surface area contributed by atoms with E-state index in [4.69, 9.17) is 0 Å². The van der Waals surface area contributed by atoms with Crippen molar-refractivity contribution in [1.82, 2.24) is 5.32 Å². The van der Waals surface area contributed by atoms with Gasteiger partial charge in [-0.2, -0.15) is 0 Å². The Bertz CT molecular complexity index is 1170. The van der Waals surface area contributed by atoms with E-state index in [1.54, 1.807) is 26.0 Å². The van der Waals surface area contributed by atoms with Crippen molar-refractivity contribution in [2.75, 3.05) is 5.32 Å². The van der Waals surface area contributed by atoms with E-state index < -0.39 is 17.9 Å². The quantitative estimate of drug-likeness (QED) is 0.475. The number of carboxylic acids is 1. The van der Waals surface area contributed by atoms with Crippen LogP contribution in [-0.4, -0.2) is 28.9 Å². The predicted molar refractivity (Wildman–Crippen MR) is 129 cm³/mol. The second-order valence-electron chi connectivity index (χ2n) is 8.44. The molecule has 33 heavy (non-hydrogen) atoms. The van der Waals surface area contributed by atoms with E-state index in [1.165, 1.54) is 0 Å². The lowest BCUT2D eigenvalue weighted by Crippen LogP contribution is -2.44. The summed E-state index contributed by atoms with van der Waals surface area (Å²) in [6, 6.07) is 19.1. The van der Waals surface area contributed by atoms with Gasteiger partial charge in [-0.25, -0.2) is 4.79 Å². The number of carbonyl (C=O) groups is 3. The van der Waals surface area contributed by atoms with Crippen LogP contribution in [0.25, 0.3) is 11.1 Å². The number of carbonyl (C=O) groups excluding carboxylic acids is 2. The van der Waals surface area contributed by atoms with Crippen LogP contribution in [0.15, 0.2) is 66.7 Å². The normalized spacial score (nSPS) is 11.7. The van der Waals surface area contributed by atoms with Gasteiger partial charge in [-0.15, -0.1) is 0 Å². The van der Waals surface area contributed by atoms with E-state index in [1.807, 2.05) is 68.4 Å². The highest BCUT2D eigenvalue weighted by Gasteiger charge is 2.23. The zero-order valence-electron chi connectivity index (χ0n) is 19.2. The van der Waals surface area contributed by atoms with Gasteiger partial charge in [0.05, 0.1) is 0 Å². The van der Waals surface area contributed by atoms with E-state index in [2.05, 4.69) is 10.6 Å². The molecule has 0 aliphatic heterocycles. The average Bonchev–Trinajstić information content (AvgIpc) is 2.79. The standard InChI is InChI=1S/C27H28N2O4/c1-16(2)24(27(32)33)29-25(30)21-9-7-19(8-10-21)20-11-13-23(14-12-20)28-26(31)22-6-5-17(3)18(4)15-22/h5-16,24H,1-4H3,(H,28,31)(H,29,30)(H,32,33)/t24-/m0/s1. The molecule has 0 spiro atoms. The largest absolute Gasteiger partial charge is 0.480 e. The Morgan fingerprint density at radius 3 is 1.79 bits per heavy atom. The van der Waals surface area contributed by atoms with Crippen LogP contribution in [0.3, 0.4) is 0 Å². The summed E-state index contributed by atoms with van der Waals surface area (Å²) in [5.74, 6) is -1.87. The van der Waals surface area contributed by atoms with E-state index >= 15 is 0 Å². The molecule has 0 heterocycles. The second-order valence-corrected chi connectivity index (χ2v) is 8.44. The number of benzene rings is 3. The number of amides is 2. The minimum absolute atomic E-state index is 0.165. The van der Waals surface area contributed by atoms with Gasteiger partial charge < -0.3 is 15.7 Å². The highest BCUT2D eigenvalue weighted by molar-refractivity contribution is 6.04. The third-order valence-corrected chi connectivity index (χ3v) is 5.61. The summed E-state index contributed by atoms with van der Waals surface area (Å²) in [5, 5.41) is 14.7. The first-order chi connectivity index (χ1) is 15.7. The van der Waals surface area contributed by atoms with Gasteiger partial charge in [0.1, 0.15) is 6.04 Å². The van der Waals surface area contributed by atoms with Crippen molar-refractivity contribution in [3.05, 3.63) is 89.0 Å². The molecule has 1 atom stereocenters. The molecular weight excluding hydrogens is 416 g/mol. The molecule has 3 rings (SSSR count). The van der Waals surface area contributed by atoms with Crippen LogP contribution in [0, 0.1) is 19.8 Å². The Labute approximate surface area is 193 Å². The van der Waals surface area contributed by atoms with Crippen molar-refractivity contribution in [3.63, 3.8) is 0 Å². The number of aliphatic carboxylic acids is 1. The molecule has 2 amide bonds. The lowest BCUT2D eigenvalue weighted by Gasteiger charge is -2.18. The molecule has 170 valence electrons. The topological polar surface area (TPSA) is 95.5 Å². The SMILES string of the molecule is Cc1ccc(C(=O)Nc2ccc(-c3ccc(C(=O)N[C@H](C(=O)O)C(C)C)cc3)cc2)cc1C. The maximum atomic E-state index is 12.5. The summed E-state index contributed by atoms with van der Waals surface area (Å²) < 4.78 is 0. The Morgan fingerprint density at radius 1 is 0.727 bits per heavy atom. The molecule has 0 aliphatic carbocycles. The summed E-state index contributed by atoms with van der Waals surface area (Å²) in [7, 11) is 0. The number of carboxylic acid groups (broad SMARTS) is 1. The van der Waals surface area contributed by atoms with Crippen LogP contribution in [0.1, 0.15) is 45.7 Å². The zero-order valence-corrected chi connectivity index (χ0v) is 19.2. The molecule has 0 fully saturated rings. The molecule has 3 aromatic rings. The smallest absolute Gasteiger partial charge is 0.326 e. The fourth-order valence-corrected chi connectivity index (χ4v) is 3.38. The van der Waals surface area contributed by atoms with Gasteiger partial charge in [-0.3, -0.25) is 9.59 Å². The van der Waals surface area contributed by atoms with Crippen molar-refractivity contribution in [1.29, 1.82) is 0 Å². The van der Waals surface area contributed by atoms with Crippen molar-refractivity contribution in [2.45, 2.75) is 33.7 Å². The van der Waals surface area contributed by atoms with Gasteiger partial charge in [0.15, 0.2) is 0 Å². The first-order valence-corrected chi connectivity index (χ1v) is 10.8. The van der Waals surface area contributed by atoms with Crippen LogP contribution in [-0.2, 0) is 4.79 Å². The summed E-state index contributed by atoms with van der Waals surface area (Å²) in [4.78, 5) is 36.2. The lowest BCUT2D eigenvalue weighted by atomic mass is 10.0. The molecule has 0 aliphatic rings. The van der Waals surface area contributed by atoms with Gasteiger partial charge in [0.2, 0.25) is 0 Å². The molecule has 0 unspecified atom stereocenters. The van der Waals surface area contributed by atoms with Gasteiger partial charge in [0.25, 0.3) is 11.8 Å². The van der Waals surface area contributed by atoms with E-state index in [0.29, 0.717) is 16.8 Å². The average molecular weight is 445 g/mol. The van der Waals surface area contributed by atoms with E-state index in [-0.39, 0.29) is 11.8 Å². The molecule has 0 saturated heterocycles. The minimum Gasteiger partial charge on any atom is -0.480 e. The fourth-order valence-electron chi connectivity index (χ4n) is 3.38. The third kappa shape index (κ3) is 5.86. The first kappa shape index (κ1) is 23.7. The Kier molecular flexibility index (Phi) is 7.28. The van der Waals surface area contributed by atoms with E-state index in [9.17, 15) is 19.5 Å². The maximum Gasteiger partial charge on any atom is 0.326 e. The lowest BCUT2D eigenvalue weighted by molar-refractivity contribution is -0.140. The summed E-state index contributed by atoms with van der Waals surface area (Å²) in [6.07, 6.45) is 0. The number of hydrogen-bond donors (Lipinski definition) is 3. The van der Waals surface area contributed by atoms with E-state index in [0.717, 1.165) is 22.3 Å². The number of aryl methyl sites for hydroxylation is 2. The highest BCUT2D eigenvalue weighted by Crippen LogP contribution is 2.23. The van der Waals surface area contributed by atoms with Crippen molar-refractivity contribution < 1.29 is 19.5 Å². The van der Waals surface area contributed by atoms with Gasteiger partial charge in [-0.05, 0) is 78.4 Å². The molecule has 0 radical (unpaired) electrons. The third-order valence-electron chi connectivity index (χ3n) is 5.61. The second kappa shape index (κ2) is 10.1. The first-order valence-electron chi connectivity index (χ1n) is 10.8. The number of rotatable bonds is 7. The zero-order chi connectivity index (χ0) is 24.1. The maximum absolute atomic E-state index is 12.5. The van der Waals surface area contributed by atoms with Crippen LogP contribution >= 0.6 is 0 Å². The Balaban J connectivity index is 1.67. The van der Waals surface area contributed by atoms with Crippen molar-refractivity contribution in [3.8, 4) is 11.1 Å². The van der Waals surface area contributed by atoms with Crippen LogP contribution in [0.2, 0.25) is 0 Å². The van der Waals surface area contributed by atoms with Crippen molar-refractivity contribution in [2.24, 2.45) is 5.92 Å². The van der Waals surface area contributed by atoms with Gasteiger partial charge in [0, 0.05) is 16.8 Å². The van der Waals surface area contributed by atoms with Gasteiger partial charge >= 0.3 is 5.97 Å². The molecule has 0 saturated carbocycles. The molecule has 6 heteroatoms. The molecule has 3 N–H and O–H groups in total. The monoisotopic (exact) mass is 444 g/mol. The predicted octanol–water partition coefficient (Wildman–Crippen LogP) is 5.06. The van der Waals surface area contributed by atoms with Crippen LogP contribution < -0.4 is 10.6 Å². The van der Waals surface area contributed by atoms with Crippen molar-refractivity contribution >= 4 is 23.5 Å². The summed E-state index contributed by atoms with van der Waals surface area (Å²) in [5.41, 5.74) is 5.72. The summed E-state index contributed by atoms with van der Waals surface area (Å²) >= 11 is 0. The fraction of sp³-hybridized carbons (Fsp3) is 0.222. The molecule has 6 nitrogen and oxygen atoms in total. The molecule has 0 bridgehead atoms. The minimum atomic E-state index is -1.06. The Morgan fingerprint density at radius 2 is 1.27 bits per heavy atom. The molecular formula is C27H28N2O4. The number of nitrogens with one attached hydrogen (secondary N) is 2. The number of anilines is 1. The molecule has 3 aromatic carbocycles.